The quantitative estimate of drug-likeness (QED) is 0.176. The van der Waals surface area contributed by atoms with Gasteiger partial charge in [0.1, 0.15) is 36.2 Å². The molecule has 0 saturated carbocycles. The molecule has 0 bridgehead atoms. The van der Waals surface area contributed by atoms with Crippen LogP contribution in [-0.4, -0.2) is 56.2 Å². The number of hydrogen-bond donors (Lipinski definition) is 4. The lowest BCUT2D eigenvalue weighted by atomic mass is 9.96. The van der Waals surface area contributed by atoms with E-state index in [2.05, 4.69) is 5.09 Å². The van der Waals surface area contributed by atoms with E-state index in [9.17, 15) is 29.2 Å². The minimum absolute atomic E-state index is 0.0318. The molecule has 2 heterocycles. The van der Waals surface area contributed by atoms with E-state index in [1.165, 1.54) is 12.1 Å². The number of H-pyrrole nitrogens is 1. The SMILES string of the molecule is [2H]c1c([2H])n([C@@H]2O[C@H](COP(=O)(NC(C(=O)OCc3ccccc3)C(C)C)Oc3ccccc3)[C@@H](O)[C@@]2(C)O)c(=O)[nH]c1=O. The van der Waals surface area contributed by atoms with Crippen molar-refractivity contribution in [2.24, 2.45) is 5.92 Å². The lowest BCUT2D eigenvalue weighted by Crippen LogP contribution is -2.47. The van der Waals surface area contributed by atoms with E-state index < -0.39 is 79.8 Å². The molecule has 6 atom stereocenters. The van der Waals surface area contributed by atoms with Crippen molar-refractivity contribution in [3.05, 3.63) is 99.3 Å². The number of ether oxygens (including phenoxy) is 2. The fourth-order valence-corrected chi connectivity index (χ4v) is 5.88. The van der Waals surface area contributed by atoms with Crippen molar-refractivity contribution in [2.45, 2.75) is 57.5 Å². The zero-order valence-electron chi connectivity index (χ0n) is 25.1. The summed E-state index contributed by atoms with van der Waals surface area (Å²) >= 11 is 0. The van der Waals surface area contributed by atoms with Gasteiger partial charge in [0.15, 0.2) is 6.23 Å². The van der Waals surface area contributed by atoms with Gasteiger partial charge in [0.25, 0.3) is 5.56 Å². The van der Waals surface area contributed by atoms with E-state index >= 15 is 0 Å². The third-order valence-corrected chi connectivity index (χ3v) is 8.07. The smallest absolute Gasteiger partial charge is 0.459 e. The van der Waals surface area contributed by atoms with Crippen LogP contribution in [0.2, 0.25) is 0 Å². The van der Waals surface area contributed by atoms with Gasteiger partial charge in [-0.25, -0.2) is 9.36 Å². The molecule has 42 heavy (non-hydrogen) atoms. The summed E-state index contributed by atoms with van der Waals surface area (Å²) in [5, 5.41) is 24.6. The van der Waals surface area contributed by atoms with Gasteiger partial charge in [-0.05, 0) is 30.5 Å². The van der Waals surface area contributed by atoms with E-state index in [1.54, 1.807) is 56.3 Å². The van der Waals surface area contributed by atoms with Gasteiger partial charge in [-0.1, -0.05) is 62.4 Å². The molecule has 0 amide bonds. The van der Waals surface area contributed by atoms with E-state index in [0.717, 1.165) is 12.5 Å². The van der Waals surface area contributed by atoms with Crippen molar-refractivity contribution in [1.29, 1.82) is 0 Å². The summed E-state index contributed by atoms with van der Waals surface area (Å²) in [6, 6.07) is 14.9. The van der Waals surface area contributed by atoms with Crippen molar-refractivity contribution >= 4 is 13.7 Å². The minimum Gasteiger partial charge on any atom is -0.460 e. The zero-order valence-corrected chi connectivity index (χ0v) is 24.0. The molecular weight excluding hydrogens is 569 g/mol. The van der Waals surface area contributed by atoms with E-state index in [4.69, 9.17) is 21.3 Å². The molecule has 1 aliphatic heterocycles. The van der Waals surface area contributed by atoms with Gasteiger partial charge in [-0.3, -0.25) is 23.7 Å². The van der Waals surface area contributed by atoms with E-state index in [-0.39, 0.29) is 12.4 Å². The molecule has 0 aliphatic carbocycles. The number of aromatic amines is 1. The number of benzene rings is 2. The standard InChI is InChI=1S/C28H34N3O10P/c1-18(2)23(25(34)38-16-19-10-6-4-7-11-19)30-42(37,41-20-12-8-5-9-13-20)39-17-21-24(33)28(3,36)26(40-21)31-15-14-22(32)29-27(31)35/h4-15,18,21,23-24,26,33,36H,16-17H2,1-3H3,(H,30,37)(H,29,32,35)/t21-,23?,24-,26-,28-,42?/m1/s1/i14D,15D. The van der Waals surface area contributed by atoms with Gasteiger partial charge in [-0.2, -0.15) is 5.09 Å². The van der Waals surface area contributed by atoms with E-state index in [0.29, 0.717) is 4.57 Å². The van der Waals surface area contributed by atoms with Crippen LogP contribution in [0.25, 0.3) is 0 Å². The van der Waals surface area contributed by atoms with Gasteiger partial charge in [-0.15, -0.1) is 0 Å². The Hall–Kier alpha value is -3.58. The third-order valence-electron chi connectivity index (χ3n) is 6.54. The molecule has 2 aromatic carbocycles. The molecular formula is C28H34N3O10P. The summed E-state index contributed by atoms with van der Waals surface area (Å²) in [6.45, 7) is 3.80. The van der Waals surface area contributed by atoms with Crippen molar-refractivity contribution in [3.63, 3.8) is 0 Å². The molecule has 1 aromatic heterocycles. The highest BCUT2D eigenvalue weighted by Gasteiger charge is 2.54. The number of para-hydroxylation sites is 1. The molecule has 1 saturated heterocycles. The van der Waals surface area contributed by atoms with Crippen LogP contribution in [0.3, 0.4) is 0 Å². The lowest BCUT2D eigenvalue weighted by Gasteiger charge is -2.28. The molecule has 226 valence electrons. The Bertz CT molecular complexity index is 1620. The Kier molecular flexibility index (Phi) is 8.94. The maximum atomic E-state index is 14.1. The van der Waals surface area contributed by atoms with Crippen LogP contribution in [0.4, 0.5) is 0 Å². The number of esters is 1. The number of hydrogen-bond acceptors (Lipinski definition) is 10. The Morgan fingerprint density at radius 3 is 2.48 bits per heavy atom. The first-order valence-electron chi connectivity index (χ1n) is 14.1. The van der Waals surface area contributed by atoms with Gasteiger partial charge in [0.05, 0.1) is 9.35 Å². The molecule has 14 heteroatoms. The monoisotopic (exact) mass is 605 g/mol. The highest BCUT2D eigenvalue weighted by Crippen LogP contribution is 2.47. The van der Waals surface area contributed by atoms with Gasteiger partial charge >= 0.3 is 19.4 Å². The van der Waals surface area contributed by atoms with Crippen LogP contribution in [-0.2, 0) is 30.0 Å². The number of aliphatic hydroxyl groups excluding tert-OH is 1. The average Bonchev–Trinajstić information content (AvgIpc) is 3.21. The Morgan fingerprint density at radius 2 is 1.83 bits per heavy atom. The average molecular weight is 606 g/mol. The number of carbonyl (C=O) groups is 1. The number of carbonyl (C=O) groups excluding carboxylic acids is 1. The second kappa shape index (κ2) is 13.2. The molecule has 3 aromatic rings. The number of aliphatic hydroxyl groups is 2. The molecule has 0 radical (unpaired) electrons. The zero-order chi connectivity index (χ0) is 32.2. The summed E-state index contributed by atoms with van der Waals surface area (Å²) < 4.78 is 52.9. The number of aromatic nitrogens is 2. The first-order valence-corrected chi connectivity index (χ1v) is 14.6. The fraction of sp³-hybridized carbons (Fsp3) is 0.393. The van der Waals surface area contributed by atoms with Crippen LogP contribution in [0, 0.1) is 5.92 Å². The van der Waals surface area contributed by atoms with Crippen LogP contribution in [0.1, 0.15) is 35.3 Å². The number of nitrogens with one attached hydrogen (secondary N) is 2. The van der Waals surface area contributed by atoms with Crippen molar-refractivity contribution in [3.8, 4) is 5.75 Å². The van der Waals surface area contributed by atoms with Crippen molar-refractivity contribution < 1.29 is 40.8 Å². The molecule has 13 nitrogen and oxygen atoms in total. The Morgan fingerprint density at radius 1 is 1.19 bits per heavy atom. The van der Waals surface area contributed by atoms with Crippen molar-refractivity contribution in [2.75, 3.05) is 6.61 Å². The van der Waals surface area contributed by atoms with Crippen LogP contribution in [0.5, 0.6) is 5.75 Å². The molecule has 2 unspecified atom stereocenters. The predicted molar refractivity (Wildman–Crippen MR) is 150 cm³/mol. The third kappa shape index (κ3) is 7.43. The number of nitrogens with zero attached hydrogens (tertiary/aromatic N) is 1. The summed E-state index contributed by atoms with van der Waals surface area (Å²) in [6.07, 6.45) is -5.79. The number of rotatable bonds is 12. The fourth-order valence-electron chi connectivity index (χ4n) is 4.21. The molecule has 1 aliphatic rings. The molecule has 0 spiro atoms. The predicted octanol–water partition coefficient (Wildman–Crippen LogP) is 2.11. The first kappa shape index (κ1) is 28.5. The summed E-state index contributed by atoms with van der Waals surface area (Å²) in [5.74, 6) is -1.05. The molecule has 1 fully saturated rings. The van der Waals surface area contributed by atoms with Gasteiger partial charge < -0.3 is 24.2 Å². The van der Waals surface area contributed by atoms with Crippen LogP contribution >= 0.6 is 7.75 Å². The summed E-state index contributed by atoms with van der Waals surface area (Å²) in [4.78, 5) is 39.2. The lowest BCUT2D eigenvalue weighted by molar-refractivity contribution is -0.148. The van der Waals surface area contributed by atoms with E-state index in [1.807, 2.05) is 11.1 Å². The van der Waals surface area contributed by atoms with Crippen molar-refractivity contribution in [1.82, 2.24) is 14.6 Å². The van der Waals surface area contributed by atoms with Gasteiger partial charge in [0.2, 0.25) is 0 Å². The normalized spacial score (nSPS) is 24.9. The Balaban J connectivity index is 1.56. The topological polar surface area (TPSA) is 178 Å². The highest BCUT2D eigenvalue weighted by molar-refractivity contribution is 7.52. The largest absolute Gasteiger partial charge is 0.460 e. The maximum Gasteiger partial charge on any atom is 0.459 e. The second-order valence-corrected chi connectivity index (χ2v) is 11.9. The van der Waals surface area contributed by atoms with Crippen LogP contribution in [0.15, 0.2) is 82.5 Å². The Labute approximate surface area is 244 Å². The highest BCUT2D eigenvalue weighted by atomic mass is 31.2. The summed E-state index contributed by atoms with van der Waals surface area (Å²) in [5.41, 5.74) is -3.74. The van der Waals surface area contributed by atoms with Gasteiger partial charge in [0, 0.05) is 12.2 Å². The minimum atomic E-state index is -4.45. The molecule has 4 rings (SSSR count). The van der Waals surface area contributed by atoms with Crippen LogP contribution < -0.4 is 20.9 Å². The first-order chi connectivity index (χ1) is 20.7. The second-order valence-electron chi connectivity index (χ2n) is 10.2. The summed E-state index contributed by atoms with van der Waals surface area (Å²) in [7, 11) is -4.45. The molecule has 4 N–H and O–H groups in total. The maximum absolute atomic E-state index is 14.1.